The lowest BCUT2D eigenvalue weighted by molar-refractivity contribution is -0.164. The molecule has 0 spiro atoms. The molecular formula is C48H49ClN6O7. The van der Waals surface area contributed by atoms with Crippen LogP contribution in [0.1, 0.15) is 103 Å². The van der Waals surface area contributed by atoms with Crippen LogP contribution < -0.4 is 20.1 Å². The minimum atomic E-state index is -1.03. The van der Waals surface area contributed by atoms with Crippen molar-refractivity contribution in [2.24, 2.45) is 16.7 Å². The highest BCUT2D eigenvalue weighted by Crippen LogP contribution is 2.55. The maximum absolute atomic E-state index is 13.7. The Hall–Kier alpha value is -6.15. The Bertz CT molecular complexity index is 2590. The van der Waals surface area contributed by atoms with Gasteiger partial charge in [-0.1, -0.05) is 51.1 Å². The van der Waals surface area contributed by atoms with Crippen LogP contribution in [0.15, 0.2) is 60.7 Å². The summed E-state index contributed by atoms with van der Waals surface area (Å²) in [6, 6.07) is 18.8. The van der Waals surface area contributed by atoms with Gasteiger partial charge in [0.05, 0.1) is 16.1 Å². The number of nitriles is 1. The number of rotatable bonds is 10. The number of carbonyl (C=O) groups is 5. The molecule has 13 nitrogen and oxygen atoms in total. The molecule has 1 aliphatic carbocycles. The molecule has 3 fully saturated rings. The van der Waals surface area contributed by atoms with Gasteiger partial charge in [0, 0.05) is 70.4 Å². The number of nitrogens with zero attached hydrogens (tertiary/aromatic N) is 4. The van der Waals surface area contributed by atoms with E-state index in [2.05, 4.69) is 61.1 Å². The maximum Gasteiger partial charge on any atom is 0.278 e. The molecular weight excluding hydrogens is 808 g/mol. The fourth-order valence-electron chi connectivity index (χ4n) is 10.0. The molecule has 2 N–H and O–H groups in total. The number of ether oxygens (including phenoxy) is 2. The molecule has 62 heavy (non-hydrogen) atoms. The third-order valence-corrected chi connectivity index (χ3v) is 13.3. The second-order valence-corrected chi connectivity index (χ2v) is 18.1. The highest BCUT2D eigenvalue weighted by molar-refractivity contribution is 6.32. The van der Waals surface area contributed by atoms with Crippen molar-refractivity contribution >= 4 is 52.0 Å². The first-order chi connectivity index (χ1) is 29.6. The fourth-order valence-corrected chi connectivity index (χ4v) is 10.2. The van der Waals surface area contributed by atoms with Gasteiger partial charge in [-0.25, -0.2) is 0 Å². The van der Waals surface area contributed by atoms with Crippen molar-refractivity contribution < 1.29 is 33.4 Å². The molecule has 320 valence electrons. The van der Waals surface area contributed by atoms with Crippen LogP contribution >= 0.6 is 11.6 Å². The summed E-state index contributed by atoms with van der Waals surface area (Å²) >= 11 is 6.24. The first-order valence-electron chi connectivity index (χ1n) is 21.1. The fraction of sp³-hybridized carbons (Fsp3) is 0.417. The Kier molecular flexibility index (Phi) is 11.4. The van der Waals surface area contributed by atoms with Gasteiger partial charge in [0.1, 0.15) is 42.0 Å². The number of halogens is 1. The second-order valence-electron chi connectivity index (χ2n) is 17.7. The SMILES string of the molecule is CCn1c2c(c3cc(OCCN4CCC(C#Cc5ccc(C(=O)NC6C(C)(C)C(Oc7ccc(C#N)c(Cl)c7)C6(C)C)cc5)CC4)ccc31)C(=O)N(C1CCC(=O)NC1=O)C2=O. The molecule has 8 rings (SSSR count). The van der Waals surface area contributed by atoms with Crippen molar-refractivity contribution in [2.45, 2.75) is 85.0 Å². The molecule has 14 heteroatoms. The molecule has 1 aromatic heterocycles. The van der Waals surface area contributed by atoms with Crippen molar-refractivity contribution in [3.63, 3.8) is 0 Å². The summed E-state index contributed by atoms with van der Waals surface area (Å²) in [6.45, 7) is 13.6. The molecule has 3 aromatic carbocycles. The second kappa shape index (κ2) is 16.6. The summed E-state index contributed by atoms with van der Waals surface area (Å²) in [7, 11) is 0. The van der Waals surface area contributed by atoms with E-state index in [4.69, 9.17) is 21.1 Å². The Morgan fingerprint density at radius 2 is 1.65 bits per heavy atom. The zero-order chi connectivity index (χ0) is 44.1. The highest BCUT2D eigenvalue weighted by atomic mass is 35.5. The van der Waals surface area contributed by atoms with Gasteiger partial charge in [0.2, 0.25) is 11.8 Å². The summed E-state index contributed by atoms with van der Waals surface area (Å²) in [5, 5.41) is 15.6. The van der Waals surface area contributed by atoms with Crippen molar-refractivity contribution in [1.82, 2.24) is 25.0 Å². The van der Waals surface area contributed by atoms with E-state index in [0.717, 1.165) is 41.9 Å². The number of carbonyl (C=O) groups excluding carboxylic acids is 5. The van der Waals surface area contributed by atoms with Crippen LogP contribution in [0.5, 0.6) is 11.5 Å². The van der Waals surface area contributed by atoms with E-state index in [0.29, 0.717) is 52.7 Å². The van der Waals surface area contributed by atoms with Gasteiger partial charge < -0.3 is 19.4 Å². The Labute approximate surface area is 365 Å². The van der Waals surface area contributed by atoms with Gasteiger partial charge in [-0.05, 0) is 93.9 Å². The van der Waals surface area contributed by atoms with Gasteiger partial charge in [0.15, 0.2) is 0 Å². The molecule has 0 radical (unpaired) electrons. The topological polar surface area (TPSA) is 163 Å². The van der Waals surface area contributed by atoms with E-state index in [1.54, 1.807) is 28.8 Å². The zero-order valence-corrected chi connectivity index (χ0v) is 36.2. The number of benzene rings is 3. The lowest BCUT2D eigenvalue weighted by Crippen LogP contribution is -2.74. The molecule has 3 aliphatic heterocycles. The van der Waals surface area contributed by atoms with Crippen molar-refractivity contribution in [1.29, 1.82) is 5.26 Å². The molecule has 1 atom stereocenters. The molecule has 4 aliphatic rings. The van der Waals surface area contributed by atoms with E-state index in [1.165, 1.54) is 0 Å². The summed E-state index contributed by atoms with van der Waals surface area (Å²) in [6.07, 6.45) is 1.81. The number of aryl methyl sites for hydroxylation is 1. The molecule has 4 aromatic rings. The number of fused-ring (bicyclic) bond motifs is 3. The third-order valence-electron chi connectivity index (χ3n) is 13.0. The van der Waals surface area contributed by atoms with Crippen LogP contribution in [0.4, 0.5) is 0 Å². The number of piperidine rings is 2. The predicted octanol–water partition coefficient (Wildman–Crippen LogP) is 6.34. The maximum atomic E-state index is 13.7. The average molecular weight is 857 g/mol. The molecule has 2 saturated heterocycles. The van der Waals surface area contributed by atoms with Crippen LogP contribution in [0.25, 0.3) is 10.9 Å². The van der Waals surface area contributed by atoms with Gasteiger partial charge in [-0.3, -0.25) is 39.1 Å². The minimum absolute atomic E-state index is 0.0618. The molecule has 4 heterocycles. The quantitative estimate of drug-likeness (QED) is 0.137. The van der Waals surface area contributed by atoms with Crippen molar-refractivity contribution in [3.05, 3.63) is 93.6 Å². The lowest BCUT2D eigenvalue weighted by Gasteiger charge is -2.63. The van der Waals surface area contributed by atoms with Gasteiger partial charge in [-0.15, -0.1) is 0 Å². The molecule has 1 unspecified atom stereocenters. The van der Waals surface area contributed by atoms with E-state index in [9.17, 15) is 29.2 Å². The highest BCUT2D eigenvalue weighted by Gasteiger charge is 2.64. The largest absolute Gasteiger partial charge is 0.492 e. The number of amides is 5. The van der Waals surface area contributed by atoms with Crippen LogP contribution in [-0.4, -0.2) is 88.3 Å². The predicted molar refractivity (Wildman–Crippen MR) is 232 cm³/mol. The third kappa shape index (κ3) is 7.69. The minimum Gasteiger partial charge on any atom is -0.492 e. The molecule has 0 bridgehead atoms. The van der Waals surface area contributed by atoms with Crippen LogP contribution in [-0.2, 0) is 16.1 Å². The van der Waals surface area contributed by atoms with Crippen molar-refractivity contribution in [2.75, 3.05) is 26.2 Å². The number of likely N-dealkylation sites (tertiary alicyclic amines) is 1. The van der Waals surface area contributed by atoms with Gasteiger partial charge in [-0.2, -0.15) is 5.26 Å². The number of aromatic nitrogens is 1. The van der Waals surface area contributed by atoms with Gasteiger partial charge in [0.25, 0.3) is 17.7 Å². The Morgan fingerprint density at radius 1 is 0.935 bits per heavy atom. The smallest absolute Gasteiger partial charge is 0.278 e. The normalized spacial score (nSPS) is 22.0. The number of hydrogen-bond acceptors (Lipinski definition) is 9. The number of nitrogens with one attached hydrogen (secondary N) is 2. The average Bonchev–Trinajstić information content (AvgIpc) is 3.71. The standard InChI is InChI=1S/C48H49ClN6O7/c1-6-54-36-16-15-32(25-34(36)39-40(54)44(60)55(43(39)59)37-17-18-38(56)51-42(37)58)61-24-23-53-21-19-29(20-22-53)8-7-28-9-11-30(12-10-28)41(57)52-45-47(2,3)46(48(45,4)5)62-33-14-13-31(27-50)35(49)26-33/h9-16,25-26,29,37,45-46H,6,17-24H2,1-5H3,(H,52,57)(H,51,56,58). The lowest BCUT2D eigenvalue weighted by atomic mass is 9.49. The number of hydrogen-bond donors (Lipinski definition) is 2. The Morgan fingerprint density at radius 3 is 2.31 bits per heavy atom. The van der Waals surface area contributed by atoms with Crippen LogP contribution in [0.3, 0.4) is 0 Å². The molecule has 1 saturated carbocycles. The van der Waals surface area contributed by atoms with E-state index in [1.807, 2.05) is 43.3 Å². The summed E-state index contributed by atoms with van der Waals surface area (Å²) in [5.74, 6) is 5.89. The van der Waals surface area contributed by atoms with Crippen LogP contribution in [0, 0.1) is 39.9 Å². The first-order valence-corrected chi connectivity index (χ1v) is 21.5. The van der Waals surface area contributed by atoms with Gasteiger partial charge >= 0.3 is 0 Å². The monoisotopic (exact) mass is 856 g/mol. The van der Waals surface area contributed by atoms with E-state index >= 15 is 0 Å². The number of imide groups is 2. The summed E-state index contributed by atoms with van der Waals surface area (Å²) in [5.41, 5.74) is 2.32. The molecule has 5 amide bonds. The zero-order valence-electron chi connectivity index (χ0n) is 35.5. The summed E-state index contributed by atoms with van der Waals surface area (Å²) < 4.78 is 14.3. The Balaban J connectivity index is 0.811. The van der Waals surface area contributed by atoms with Crippen LogP contribution in [0.2, 0.25) is 5.02 Å². The van der Waals surface area contributed by atoms with E-state index in [-0.39, 0.29) is 58.9 Å². The van der Waals surface area contributed by atoms with Crippen molar-refractivity contribution in [3.8, 4) is 29.4 Å². The first kappa shape index (κ1) is 42.5. The summed E-state index contributed by atoms with van der Waals surface area (Å²) in [4.78, 5) is 68.3. The van der Waals surface area contributed by atoms with E-state index < -0.39 is 29.7 Å².